The Morgan fingerprint density at radius 3 is 2.68 bits per heavy atom. The monoisotopic (exact) mass is 302 g/mol. The fraction of sp³-hybridized carbons (Fsp3) is 0.632. The third-order valence-electron chi connectivity index (χ3n) is 4.76. The second-order valence-corrected chi connectivity index (χ2v) is 6.91. The number of rotatable bonds is 5. The van der Waals surface area contributed by atoms with Gasteiger partial charge in [0.05, 0.1) is 0 Å². The fourth-order valence-corrected chi connectivity index (χ4v) is 3.29. The second kappa shape index (κ2) is 7.77. The molecule has 1 atom stereocenters. The van der Waals surface area contributed by atoms with E-state index in [1.807, 2.05) is 13.0 Å². The van der Waals surface area contributed by atoms with Crippen molar-refractivity contribution in [3.05, 3.63) is 34.4 Å². The van der Waals surface area contributed by atoms with Crippen molar-refractivity contribution < 1.29 is 4.79 Å². The molecular formula is C19H30N2O. The molecule has 0 bridgehead atoms. The molecule has 0 spiro atoms. The van der Waals surface area contributed by atoms with Gasteiger partial charge in [-0.1, -0.05) is 13.0 Å². The number of nitrogens with zero attached hydrogens (tertiary/aromatic N) is 1. The Balaban J connectivity index is 1.77. The molecule has 22 heavy (non-hydrogen) atoms. The number of piperidine rings is 1. The molecule has 1 amide bonds. The number of amides is 1. The molecule has 1 fully saturated rings. The van der Waals surface area contributed by atoms with Crippen LogP contribution in [0.15, 0.2) is 12.1 Å². The summed E-state index contributed by atoms with van der Waals surface area (Å²) in [5.41, 5.74) is 4.30. The van der Waals surface area contributed by atoms with E-state index in [0.29, 0.717) is 0 Å². The standard InChI is InChI=1S/C19H30N2O/c1-14-7-5-9-21(13-14)10-6-8-20-19(22)18-12-16(3)15(2)11-17(18)4/h11-12,14H,5-10,13H2,1-4H3,(H,20,22). The minimum absolute atomic E-state index is 0.0626. The first-order valence-corrected chi connectivity index (χ1v) is 8.55. The summed E-state index contributed by atoms with van der Waals surface area (Å²) >= 11 is 0. The average Bonchev–Trinajstić information content (AvgIpc) is 2.47. The third-order valence-corrected chi connectivity index (χ3v) is 4.76. The SMILES string of the molecule is Cc1cc(C)c(C(=O)NCCCN2CCCC(C)C2)cc1C. The van der Waals surface area contributed by atoms with Gasteiger partial charge in [0.2, 0.25) is 0 Å². The van der Waals surface area contributed by atoms with Crippen LogP contribution in [0.2, 0.25) is 0 Å². The molecule has 1 aliphatic heterocycles. The van der Waals surface area contributed by atoms with Crippen molar-refractivity contribution in [2.24, 2.45) is 5.92 Å². The van der Waals surface area contributed by atoms with Crippen molar-refractivity contribution in [3.63, 3.8) is 0 Å². The van der Waals surface area contributed by atoms with Crippen LogP contribution in [-0.4, -0.2) is 37.0 Å². The van der Waals surface area contributed by atoms with Gasteiger partial charge in [0.25, 0.3) is 5.91 Å². The number of hydrogen-bond donors (Lipinski definition) is 1. The Hall–Kier alpha value is -1.35. The molecule has 122 valence electrons. The Labute approximate surface area is 135 Å². The molecule has 1 aromatic carbocycles. The lowest BCUT2D eigenvalue weighted by atomic mass is 10.00. The van der Waals surface area contributed by atoms with Crippen LogP contribution >= 0.6 is 0 Å². The Bertz CT molecular complexity index is 524. The average molecular weight is 302 g/mol. The number of carbonyl (C=O) groups excluding carboxylic acids is 1. The summed E-state index contributed by atoms with van der Waals surface area (Å²) in [7, 11) is 0. The zero-order chi connectivity index (χ0) is 16.1. The van der Waals surface area contributed by atoms with E-state index in [1.165, 1.54) is 37.1 Å². The number of carbonyl (C=O) groups is 1. The molecule has 1 aliphatic rings. The molecule has 2 rings (SSSR count). The topological polar surface area (TPSA) is 32.3 Å². The highest BCUT2D eigenvalue weighted by molar-refractivity contribution is 5.95. The lowest BCUT2D eigenvalue weighted by Gasteiger charge is -2.30. The smallest absolute Gasteiger partial charge is 0.251 e. The summed E-state index contributed by atoms with van der Waals surface area (Å²) in [4.78, 5) is 14.8. The number of hydrogen-bond acceptors (Lipinski definition) is 2. The van der Waals surface area contributed by atoms with Crippen LogP contribution in [0.4, 0.5) is 0 Å². The van der Waals surface area contributed by atoms with Crippen molar-refractivity contribution in [1.82, 2.24) is 10.2 Å². The zero-order valence-corrected chi connectivity index (χ0v) is 14.5. The van der Waals surface area contributed by atoms with Crippen molar-refractivity contribution in [3.8, 4) is 0 Å². The largest absolute Gasteiger partial charge is 0.352 e. The van der Waals surface area contributed by atoms with Crippen molar-refractivity contribution in [2.75, 3.05) is 26.2 Å². The van der Waals surface area contributed by atoms with Crippen LogP contribution in [0, 0.1) is 26.7 Å². The van der Waals surface area contributed by atoms with Crippen LogP contribution < -0.4 is 5.32 Å². The third kappa shape index (κ3) is 4.57. The summed E-state index contributed by atoms with van der Waals surface area (Å²) in [6.07, 6.45) is 3.71. The van der Waals surface area contributed by atoms with E-state index in [0.717, 1.165) is 36.6 Å². The van der Waals surface area contributed by atoms with Crippen molar-refractivity contribution >= 4 is 5.91 Å². The van der Waals surface area contributed by atoms with E-state index < -0.39 is 0 Å². The molecule has 0 radical (unpaired) electrons. The first-order valence-electron chi connectivity index (χ1n) is 8.55. The van der Waals surface area contributed by atoms with E-state index in [2.05, 4.69) is 37.1 Å². The van der Waals surface area contributed by atoms with Gasteiger partial charge < -0.3 is 10.2 Å². The molecule has 1 aromatic rings. The summed E-state index contributed by atoms with van der Waals surface area (Å²) in [5.74, 6) is 0.883. The molecule has 1 heterocycles. The molecule has 1 N–H and O–H groups in total. The fourth-order valence-electron chi connectivity index (χ4n) is 3.29. The number of nitrogens with one attached hydrogen (secondary N) is 1. The molecule has 0 aromatic heterocycles. The normalized spacial score (nSPS) is 19.2. The molecule has 1 saturated heterocycles. The second-order valence-electron chi connectivity index (χ2n) is 6.91. The van der Waals surface area contributed by atoms with Gasteiger partial charge in [0.15, 0.2) is 0 Å². The summed E-state index contributed by atoms with van der Waals surface area (Å²) in [6, 6.07) is 4.10. The highest BCUT2D eigenvalue weighted by Crippen LogP contribution is 2.16. The van der Waals surface area contributed by atoms with Gasteiger partial charge in [-0.15, -0.1) is 0 Å². The minimum Gasteiger partial charge on any atom is -0.352 e. The summed E-state index contributed by atoms with van der Waals surface area (Å²) in [5, 5.41) is 3.07. The van der Waals surface area contributed by atoms with E-state index >= 15 is 0 Å². The van der Waals surface area contributed by atoms with E-state index in [-0.39, 0.29) is 5.91 Å². The quantitative estimate of drug-likeness (QED) is 0.845. The van der Waals surface area contributed by atoms with E-state index in [9.17, 15) is 4.79 Å². The minimum atomic E-state index is 0.0626. The van der Waals surface area contributed by atoms with Gasteiger partial charge in [-0.25, -0.2) is 0 Å². The maximum atomic E-state index is 12.3. The molecule has 0 saturated carbocycles. The number of aryl methyl sites for hydroxylation is 3. The molecule has 3 heteroatoms. The summed E-state index contributed by atoms with van der Waals surface area (Å²) < 4.78 is 0. The Morgan fingerprint density at radius 2 is 1.95 bits per heavy atom. The van der Waals surface area contributed by atoms with Gasteiger partial charge in [0, 0.05) is 18.7 Å². The Morgan fingerprint density at radius 1 is 1.23 bits per heavy atom. The van der Waals surface area contributed by atoms with Crippen molar-refractivity contribution in [2.45, 2.75) is 47.0 Å². The van der Waals surface area contributed by atoms with Gasteiger partial charge in [-0.05, 0) is 81.8 Å². The van der Waals surface area contributed by atoms with Crippen LogP contribution in [0.3, 0.4) is 0 Å². The number of likely N-dealkylation sites (tertiary alicyclic amines) is 1. The van der Waals surface area contributed by atoms with Gasteiger partial charge in [-0.2, -0.15) is 0 Å². The highest BCUT2D eigenvalue weighted by atomic mass is 16.1. The number of benzene rings is 1. The predicted molar refractivity (Wildman–Crippen MR) is 92.4 cm³/mol. The zero-order valence-electron chi connectivity index (χ0n) is 14.5. The maximum Gasteiger partial charge on any atom is 0.251 e. The summed E-state index contributed by atoms with van der Waals surface area (Å²) in [6.45, 7) is 12.8. The van der Waals surface area contributed by atoms with Crippen LogP contribution in [-0.2, 0) is 0 Å². The molecular weight excluding hydrogens is 272 g/mol. The first-order chi connectivity index (χ1) is 10.5. The lowest BCUT2D eigenvalue weighted by Crippen LogP contribution is -2.36. The van der Waals surface area contributed by atoms with Gasteiger partial charge >= 0.3 is 0 Å². The lowest BCUT2D eigenvalue weighted by molar-refractivity contribution is 0.0949. The van der Waals surface area contributed by atoms with Crippen LogP contribution in [0.25, 0.3) is 0 Å². The first kappa shape index (κ1) is 17.0. The Kier molecular flexibility index (Phi) is 6.01. The predicted octanol–water partition coefficient (Wildman–Crippen LogP) is 3.46. The van der Waals surface area contributed by atoms with Gasteiger partial charge in [0.1, 0.15) is 0 Å². The molecule has 3 nitrogen and oxygen atoms in total. The van der Waals surface area contributed by atoms with E-state index in [1.54, 1.807) is 0 Å². The maximum absolute atomic E-state index is 12.3. The molecule has 1 unspecified atom stereocenters. The molecule has 0 aliphatic carbocycles. The van der Waals surface area contributed by atoms with E-state index in [4.69, 9.17) is 0 Å². The highest BCUT2D eigenvalue weighted by Gasteiger charge is 2.15. The van der Waals surface area contributed by atoms with Crippen LogP contribution in [0.5, 0.6) is 0 Å². The van der Waals surface area contributed by atoms with Crippen LogP contribution in [0.1, 0.15) is 53.2 Å². The van der Waals surface area contributed by atoms with Crippen molar-refractivity contribution in [1.29, 1.82) is 0 Å². The van der Waals surface area contributed by atoms with Gasteiger partial charge in [-0.3, -0.25) is 4.79 Å².